The summed E-state index contributed by atoms with van der Waals surface area (Å²) < 4.78 is 8.44. The van der Waals surface area contributed by atoms with Crippen LogP contribution in [-0.2, 0) is 14.0 Å². The van der Waals surface area contributed by atoms with Crippen LogP contribution in [0.3, 0.4) is 0 Å². The van der Waals surface area contributed by atoms with Crippen LogP contribution >= 0.6 is 0 Å². The van der Waals surface area contributed by atoms with Crippen molar-refractivity contribution in [3.63, 3.8) is 0 Å². The average molecular weight is 416 g/mol. The molecular weight excluding hydrogens is 374 g/mol. The van der Waals surface area contributed by atoms with Crippen LogP contribution in [0.25, 0.3) is 0 Å². The fraction of sp³-hybridized carbons (Fsp3) is 0.900. The largest absolute Gasteiger partial charge is 0.481 e. The molecule has 1 rings (SSSR count). The number of carbonyl (C=O) groups excluding carboxylic acids is 1. The van der Waals surface area contributed by atoms with E-state index in [1.807, 2.05) is 11.5 Å². The predicted molar refractivity (Wildman–Crippen MR) is 116 cm³/mol. The molecule has 0 aromatic rings. The molecule has 1 saturated heterocycles. The summed E-state index contributed by atoms with van der Waals surface area (Å²) in [6.07, 6.45) is -0.272. The van der Waals surface area contributed by atoms with Gasteiger partial charge in [0, 0.05) is 0 Å². The summed E-state index contributed by atoms with van der Waals surface area (Å²) in [4.78, 5) is 25.1. The van der Waals surface area contributed by atoms with Crippen molar-refractivity contribution in [2.45, 2.75) is 104 Å². The van der Waals surface area contributed by atoms with Crippen LogP contribution in [0.2, 0.25) is 36.3 Å². The lowest BCUT2D eigenvalue weighted by atomic mass is 9.79. The zero-order valence-corrected chi connectivity index (χ0v) is 21.4. The molecule has 0 spiro atoms. The van der Waals surface area contributed by atoms with Crippen LogP contribution in [0, 0.1) is 11.8 Å². The summed E-state index contributed by atoms with van der Waals surface area (Å²) in [7, 11) is -4.21. The minimum atomic E-state index is -2.16. The molecule has 1 heterocycles. The Balaban J connectivity index is 3.25. The van der Waals surface area contributed by atoms with Gasteiger partial charge in [0.05, 0.1) is 24.0 Å². The number of carboxylic acids is 1. The number of carbonyl (C=O) groups is 2. The first-order valence-electron chi connectivity index (χ1n) is 10.0. The summed E-state index contributed by atoms with van der Waals surface area (Å²) in [5.41, 5.74) is 0. The van der Waals surface area contributed by atoms with Gasteiger partial charge in [-0.2, -0.15) is 0 Å². The third kappa shape index (κ3) is 4.35. The fourth-order valence-corrected chi connectivity index (χ4v) is 7.40. The number of nitrogens with zero attached hydrogens (tertiary/aromatic N) is 1. The Labute approximate surface area is 168 Å². The van der Waals surface area contributed by atoms with Crippen LogP contribution in [0.4, 0.5) is 0 Å². The molecule has 0 saturated carbocycles. The van der Waals surface area contributed by atoms with Crippen molar-refractivity contribution in [3.05, 3.63) is 0 Å². The molecule has 5 nitrogen and oxygen atoms in total. The van der Waals surface area contributed by atoms with Gasteiger partial charge in [0.25, 0.3) is 0 Å². The van der Waals surface area contributed by atoms with E-state index in [-0.39, 0.29) is 34.0 Å². The maximum atomic E-state index is 13.3. The second-order valence-corrected chi connectivity index (χ2v) is 21.1. The normalized spacial score (nSPS) is 24.4. The first kappa shape index (κ1) is 24.4. The Hall–Kier alpha value is -0.666. The van der Waals surface area contributed by atoms with Crippen molar-refractivity contribution in [1.82, 2.24) is 4.57 Å². The first-order valence-corrected chi connectivity index (χ1v) is 15.9. The lowest BCUT2D eigenvalue weighted by molar-refractivity contribution is -0.163. The standard InChI is InChI=1S/C20H41NO4Si2/c1-13(18(23)24)16-15(14(2)25-27(11,12)20(6,7)8)17(22)21(16)26(9,10)19(3,4)5/h13-16H,1-12H3,(H,23,24)/t13-,14-,15-,16-/m1/s1. The maximum Gasteiger partial charge on any atom is 0.308 e. The quantitative estimate of drug-likeness (QED) is 0.492. The molecule has 1 aliphatic rings. The highest BCUT2D eigenvalue weighted by molar-refractivity contribution is 6.80. The van der Waals surface area contributed by atoms with E-state index in [2.05, 4.69) is 67.7 Å². The van der Waals surface area contributed by atoms with Gasteiger partial charge in [-0.15, -0.1) is 0 Å². The van der Waals surface area contributed by atoms with Gasteiger partial charge in [-0.3, -0.25) is 9.59 Å². The third-order valence-electron chi connectivity index (χ3n) is 7.32. The van der Waals surface area contributed by atoms with Gasteiger partial charge >= 0.3 is 5.97 Å². The lowest BCUT2D eigenvalue weighted by Gasteiger charge is -2.61. The van der Waals surface area contributed by atoms with E-state index in [9.17, 15) is 14.7 Å². The molecule has 0 aromatic heterocycles. The number of amides is 1. The Morgan fingerprint density at radius 1 is 1.04 bits per heavy atom. The van der Waals surface area contributed by atoms with Crippen molar-refractivity contribution >= 4 is 28.4 Å². The molecule has 1 N–H and O–H groups in total. The van der Waals surface area contributed by atoms with E-state index in [0.717, 1.165) is 0 Å². The first-order chi connectivity index (χ1) is 11.8. The van der Waals surface area contributed by atoms with Crippen molar-refractivity contribution in [3.8, 4) is 0 Å². The second kappa shape index (κ2) is 7.30. The fourth-order valence-electron chi connectivity index (χ4n) is 3.42. The molecule has 27 heavy (non-hydrogen) atoms. The SMILES string of the molecule is C[C@@H](O[Si](C)(C)C(C)(C)C)[C@H]1C(=O)N([Si](C)(C)C(C)(C)C)[C@@H]1[C@@H](C)C(=O)O. The smallest absolute Gasteiger partial charge is 0.308 e. The van der Waals surface area contributed by atoms with Crippen LogP contribution < -0.4 is 0 Å². The van der Waals surface area contributed by atoms with Crippen molar-refractivity contribution < 1.29 is 19.1 Å². The molecule has 7 heteroatoms. The van der Waals surface area contributed by atoms with Crippen molar-refractivity contribution in [2.24, 2.45) is 11.8 Å². The molecule has 0 aromatic carbocycles. The van der Waals surface area contributed by atoms with Crippen molar-refractivity contribution in [1.29, 1.82) is 0 Å². The Bertz CT molecular complexity index is 590. The minimum absolute atomic E-state index is 0.0341. The topological polar surface area (TPSA) is 66.8 Å². The minimum Gasteiger partial charge on any atom is -0.481 e. The van der Waals surface area contributed by atoms with E-state index in [1.54, 1.807) is 6.92 Å². The molecule has 0 aliphatic carbocycles. The molecular formula is C20H41NO4Si2. The molecule has 0 radical (unpaired) electrons. The zero-order valence-electron chi connectivity index (χ0n) is 19.4. The highest BCUT2D eigenvalue weighted by Gasteiger charge is 2.61. The number of rotatable bonds is 6. The number of carboxylic acid groups (broad SMARTS) is 1. The summed E-state index contributed by atoms with van der Waals surface area (Å²) in [6.45, 7) is 25.3. The van der Waals surface area contributed by atoms with Gasteiger partial charge in [-0.05, 0) is 37.0 Å². The van der Waals surface area contributed by atoms with Gasteiger partial charge < -0.3 is 14.1 Å². The Morgan fingerprint density at radius 3 is 1.81 bits per heavy atom. The maximum absolute atomic E-state index is 13.3. The van der Waals surface area contributed by atoms with Gasteiger partial charge in [0.1, 0.15) is 0 Å². The monoisotopic (exact) mass is 415 g/mol. The van der Waals surface area contributed by atoms with Gasteiger partial charge in [0.15, 0.2) is 16.6 Å². The number of β-lactam (4-membered cyclic amide) rings is 1. The van der Waals surface area contributed by atoms with Gasteiger partial charge in [0.2, 0.25) is 5.91 Å². The zero-order chi connectivity index (χ0) is 21.7. The van der Waals surface area contributed by atoms with Gasteiger partial charge in [-0.1, -0.05) is 54.6 Å². The van der Waals surface area contributed by atoms with Gasteiger partial charge in [-0.25, -0.2) is 0 Å². The summed E-state index contributed by atoms with van der Waals surface area (Å²) >= 11 is 0. The molecule has 1 fully saturated rings. The van der Waals surface area contributed by atoms with E-state index >= 15 is 0 Å². The predicted octanol–water partition coefficient (Wildman–Crippen LogP) is 4.95. The number of hydrogen-bond acceptors (Lipinski definition) is 3. The highest BCUT2D eigenvalue weighted by atomic mass is 28.4. The number of hydrogen-bond donors (Lipinski definition) is 1. The van der Waals surface area contributed by atoms with Crippen LogP contribution in [0.15, 0.2) is 0 Å². The molecule has 1 aliphatic heterocycles. The average Bonchev–Trinajstić information content (AvgIpc) is 2.40. The molecule has 0 unspecified atom stereocenters. The molecule has 0 bridgehead atoms. The third-order valence-corrected chi connectivity index (χ3v) is 17.3. The van der Waals surface area contributed by atoms with E-state index in [0.29, 0.717) is 0 Å². The highest BCUT2D eigenvalue weighted by Crippen LogP contribution is 2.48. The van der Waals surface area contributed by atoms with Crippen molar-refractivity contribution in [2.75, 3.05) is 0 Å². The summed E-state index contributed by atoms with van der Waals surface area (Å²) in [5.74, 6) is -1.75. The molecule has 1 amide bonds. The van der Waals surface area contributed by atoms with E-state index in [1.165, 1.54) is 0 Å². The number of aliphatic carboxylic acids is 1. The van der Waals surface area contributed by atoms with Crippen LogP contribution in [0.1, 0.15) is 55.4 Å². The molecule has 4 atom stereocenters. The second-order valence-electron chi connectivity index (χ2n) is 11.2. The van der Waals surface area contributed by atoms with Crippen LogP contribution in [0.5, 0.6) is 0 Å². The lowest BCUT2D eigenvalue weighted by Crippen LogP contribution is -2.77. The Kier molecular flexibility index (Phi) is 6.59. The Morgan fingerprint density at radius 2 is 1.48 bits per heavy atom. The summed E-state index contributed by atoms with van der Waals surface area (Å²) in [5, 5.41) is 9.71. The van der Waals surface area contributed by atoms with E-state index in [4.69, 9.17) is 4.43 Å². The summed E-state index contributed by atoms with van der Waals surface area (Å²) in [6, 6.07) is -0.296. The van der Waals surface area contributed by atoms with Crippen LogP contribution in [-0.4, -0.2) is 50.2 Å². The molecule has 158 valence electrons. The van der Waals surface area contributed by atoms with E-state index < -0.39 is 28.4 Å².